The summed E-state index contributed by atoms with van der Waals surface area (Å²) in [6.45, 7) is 5.25. The van der Waals surface area contributed by atoms with Crippen LogP contribution in [0.25, 0.3) is 10.1 Å². The van der Waals surface area contributed by atoms with Crippen LogP contribution in [0.4, 0.5) is 5.69 Å². The number of nitrogens with zero attached hydrogens (tertiary/aromatic N) is 2. The molecule has 12 heteroatoms. The van der Waals surface area contributed by atoms with Crippen LogP contribution in [0.5, 0.6) is 11.6 Å². The van der Waals surface area contributed by atoms with Crippen molar-refractivity contribution in [2.24, 2.45) is 11.5 Å². The molecule has 11 nitrogen and oxygen atoms in total. The Balaban J connectivity index is 1.40. The highest BCUT2D eigenvalue weighted by Crippen LogP contribution is 2.50. The van der Waals surface area contributed by atoms with Crippen molar-refractivity contribution in [2.45, 2.75) is 49.9 Å². The van der Waals surface area contributed by atoms with Gasteiger partial charge in [-0.3, -0.25) is 19.4 Å². The zero-order chi connectivity index (χ0) is 30.5. The van der Waals surface area contributed by atoms with Gasteiger partial charge < -0.3 is 32.6 Å². The van der Waals surface area contributed by atoms with Crippen molar-refractivity contribution in [2.75, 3.05) is 5.73 Å². The number of benzene rings is 1. The maximum Gasteiger partial charge on any atom is 0.262 e. The van der Waals surface area contributed by atoms with Crippen LogP contribution < -0.4 is 32.6 Å². The molecular formula is C31H31N7O4S. The molecule has 3 heterocycles. The van der Waals surface area contributed by atoms with Gasteiger partial charge in [0.05, 0.1) is 21.8 Å². The predicted octanol–water partition coefficient (Wildman–Crippen LogP) is 3.11. The number of pyridine rings is 2. The summed E-state index contributed by atoms with van der Waals surface area (Å²) in [5.74, 6) is -0.317. The first kappa shape index (κ1) is 28.5. The minimum Gasteiger partial charge on any atom is -0.437 e. The summed E-state index contributed by atoms with van der Waals surface area (Å²) >= 11 is 1.18. The molecule has 1 aromatic carbocycles. The summed E-state index contributed by atoms with van der Waals surface area (Å²) in [6, 6.07) is 8.56. The van der Waals surface area contributed by atoms with Crippen LogP contribution in [-0.2, 0) is 15.1 Å². The Morgan fingerprint density at radius 2 is 1.88 bits per heavy atom. The maximum absolute atomic E-state index is 14.2. The van der Waals surface area contributed by atoms with Gasteiger partial charge in [-0.15, -0.1) is 11.3 Å². The monoisotopic (exact) mass is 597 g/mol. The molecule has 6 rings (SSSR count). The molecule has 0 aliphatic heterocycles. The van der Waals surface area contributed by atoms with Crippen LogP contribution in [0.3, 0.4) is 0 Å². The van der Waals surface area contributed by atoms with E-state index in [-0.39, 0.29) is 23.9 Å². The number of aromatic nitrogens is 2. The van der Waals surface area contributed by atoms with E-state index in [0.717, 1.165) is 12.8 Å². The number of amides is 2. The predicted molar refractivity (Wildman–Crippen MR) is 164 cm³/mol. The van der Waals surface area contributed by atoms with Crippen LogP contribution in [0.2, 0.25) is 0 Å². The molecular weight excluding hydrogens is 566 g/mol. The van der Waals surface area contributed by atoms with E-state index in [1.807, 2.05) is 0 Å². The van der Waals surface area contributed by atoms with E-state index in [4.69, 9.17) is 21.9 Å². The topological polar surface area (TPSA) is 188 Å². The number of nitrogen functional groups attached to an aromatic ring is 1. The van der Waals surface area contributed by atoms with Crippen molar-refractivity contribution in [1.82, 2.24) is 20.6 Å². The normalized spacial score (nSPS) is 22.8. The molecule has 4 aromatic rings. The molecule has 2 amide bonds. The number of Topliss-reactive ketones (excluding diaryl/α,β-unsaturated/α-hetero) is 1. The first-order chi connectivity index (χ1) is 20.6. The van der Waals surface area contributed by atoms with Gasteiger partial charge in [-0.2, -0.15) is 0 Å². The van der Waals surface area contributed by atoms with E-state index in [0.29, 0.717) is 61.1 Å². The van der Waals surface area contributed by atoms with Crippen LogP contribution in [0, 0.1) is 6.92 Å². The fraction of sp³-hybridized carbons (Fsp3) is 0.258. The summed E-state index contributed by atoms with van der Waals surface area (Å²) in [5, 5.41) is 6.54. The lowest BCUT2D eigenvalue weighted by molar-refractivity contribution is -0.124. The lowest BCUT2D eigenvalue weighted by Gasteiger charge is -2.37. The van der Waals surface area contributed by atoms with Crippen molar-refractivity contribution in [1.29, 1.82) is 0 Å². The Hall–Kier alpha value is -4.65. The number of nitrogens with one attached hydrogen (secondary N) is 2. The van der Waals surface area contributed by atoms with Crippen molar-refractivity contribution in [3.63, 3.8) is 0 Å². The largest absolute Gasteiger partial charge is 0.437 e. The minimum absolute atomic E-state index is 0.228. The van der Waals surface area contributed by atoms with E-state index < -0.39 is 17.4 Å². The quantitative estimate of drug-likeness (QED) is 0.157. The second-order valence-electron chi connectivity index (χ2n) is 10.8. The SMILES string of the molecule is C=CC(=O)N[C@H]1CCC[C@H]1NC(=O)c1sc2c(N)ccc3c2c1C(N)C(=O)C3(N)c1ccc(Oc2cccnc2)nc1C. The van der Waals surface area contributed by atoms with Crippen molar-refractivity contribution in [3.05, 3.63) is 88.7 Å². The molecule has 0 spiro atoms. The van der Waals surface area contributed by atoms with E-state index in [1.54, 1.807) is 55.7 Å². The van der Waals surface area contributed by atoms with Gasteiger partial charge in [0.15, 0.2) is 5.78 Å². The fourth-order valence-electron chi connectivity index (χ4n) is 6.15. The number of ether oxygens (including phenoxy) is 1. The van der Waals surface area contributed by atoms with Crippen LogP contribution in [0.1, 0.15) is 57.4 Å². The van der Waals surface area contributed by atoms with Crippen molar-refractivity contribution in [3.8, 4) is 11.6 Å². The molecule has 0 saturated heterocycles. The number of thiophene rings is 1. The molecule has 4 atom stereocenters. The van der Waals surface area contributed by atoms with Gasteiger partial charge in [0.1, 0.15) is 11.3 Å². The number of aryl methyl sites for hydroxylation is 1. The summed E-state index contributed by atoms with van der Waals surface area (Å²) in [7, 11) is 0. The highest BCUT2D eigenvalue weighted by atomic mass is 32.1. The third kappa shape index (κ3) is 4.73. The third-order valence-corrected chi connectivity index (χ3v) is 9.46. The lowest BCUT2D eigenvalue weighted by atomic mass is 9.70. The summed E-state index contributed by atoms with van der Waals surface area (Å²) in [6.07, 6.45) is 6.69. The second-order valence-corrected chi connectivity index (χ2v) is 11.8. The number of ketones is 1. The number of anilines is 1. The molecule has 2 aliphatic carbocycles. The van der Waals surface area contributed by atoms with Crippen LogP contribution in [-0.4, -0.2) is 39.6 Å². The van der Waals surface area contributed by atoms with E-state index >= 15 is 0 Å². The Bertz CT molecular complexity index is 1790. The summed E-state index contributed by atoms with van der Waals surface area (Å²) in [5.41, 5.74) is 20.7. The van der Waals surface area contributed by atoms with E-state index in [9.17, 15) is 14.4 Å². The number of nitrogens with two attached hydrogens (primary N) is 3. The van der Waals surface area contributed by atoms with E-state index in [1.165, 1.54) is 17.4 Å². The number of carbonyl (C=O) groups is 3. The minimum atomic E-state index is -1.65. The highest BCUT2D eigenvalue weighted by Gasteiger charge is 2.49. The molecule has 2 aliphatic rings. The fourth-order valence-corrected chi connectivity index (χ4v) is 7.35. The number of hydrogen-bond donors (Lipinski definition) is 5. The Kier molecular flexibility index (Phi) is 7.20. The first-order valence-electron chi connectivity index (χ1n) is 13.9. The Morgan fingerprint density at radius 1 is 1.14 bits per heavy atom. The lowest BCUT2D eigenvalue weighted by Crippen LogP contribution is -2.53. The maximum atomic E-state index is 14.2. The molecule has 43 heavy (non-hydrogen) atoms. The zero-order valence-corrected chi connectivity index (χ0v) is 24.2. The average molecular weight is 598 g/mol. The second kappa shape index (κ2) is 10.9. The van der Waals surface area contributed by atoms with Crippen LogP contribution in [0.15, 0.2) is 61.4 Å². The number of rotatable bonds is 7. The van der Waals surface area contributed by atoms with E-state index in [2.05, 4.69) is 27.2 Å². The van der Waals surface area contributed by atoms with Crippen LogP contribution >= 0.6 is 11.3 Å². The zero-order valence-electron chi connectivity index (χ0n) is 23.4. The average Bonchev–Trinajstić information content (AvgIpc) is 3.61. The van der Waals surface area contributed by atoms with Crippen molar-refractivity contribution >= 4 is 44.7 Å². The van der Waals surface area contributed by atoms with Gasteiger partial charge in [-0.05, 0) is 62.1 Å². The number of carbonyl (C=O) groups excluding carboxylic acids is 3. The number of hydrogen-bond acceptors (Lipinski definition) is 10. The third-order valence-electron chi connectivity index (χ3n) is 8.21. The van der Waals surface area contributed by atoms with Crippen molar-refractivity contribution < 1.29 is 19.1 Å². The van der Waals surface area contributed by atoms with Gasteiger partial charge >= 0.3 is 0 Å². The smallest absolute Gasteiger partial charge is 0.262 e. The molecule has 8 N–H and O–H groups in total. The van der Waals surface area contributed by atoms with Gasteiger partial charge in [0.25, 0.3) is 5.91 Å². The standard InChI is InChI=1S/C31H31N7O4S/c1-3-22(39)37-20-7-4-8-21(20)38-30(41)28-25-24-18(9-11-19(32)27(24)43-28)31(34,29(40)26(25)33)17-10-12-23(36-15(17)2)42-16-6-5-13-35-14-16/h3,5-6,9-14,20-21,26H,1,4,7-8,32-34H2,2H3,(H,37,39)(H,38,41)/t20-,21+,26?,31?/m0/s1. The molecule has 3 aromatic heterocycles. The molecule has 0 radical (unpaired) electrons. The Labute approximate surface area is 251 Å². The van der Waals surface area contributed by atoms with Gasteiger partial charge in [0, 0.05) is 52.2 Å². The molecule has 220 valence electrons. The van der Waals surface area contributed by atoms with Gasteiger partial charge in [-0.25, -0.2) is 4.98 Å². The van der Waals surface area contributed by atoms with Gasteiger partial charge in [-0.1, -0.05) is 12.6 Å². The Morgan fingerprint density at radius 3 is 2.58 bits per heavy atom. The molecule has 1 fully saturated rings. The molecule has 0 bridgehead atoms. The first-order valence-corrected chi connectivity index (χ1v) is 14.7. The molecule has 1 saturated carbocycles. The van der Waals surface area contributed by atoms with Gasteiger partial charge in [0.2, 0.25) is 11.8 Å². The summed E-state index contributed by atoms with van der Waals surface area (Å²) < 4.78 is 6.45. The summed E-state index contributed by atoms with van der Waals surface area (Å²) in [4.78, 5) is 48.7. The highest BCUT2D eigenvalue weighted by molar-refractivity contribution is 7.21. The molecule has 2 unspecified atom stereocenters.